The van der Waals surface area contributed by atoms with Crippen LogP contribution in [-0.4, -0.2) is 50.9 Å². The highest BCUT2D eigenvalue weighted by atomic mass is 19.1. The lowest BCUT2D eigenvalue weighted by atomic mass is 10.1. The smallest absolute Gasteiger partial charge is 0.257 e. The van der Waals surface area contributed by atoms with Crippen molar-refractivity contribution in [3.05, 3.63) is 59.6 Å². The fourth-order valence-corrected chi connectivity index (χ4v) is 4.21. The van der Waals surface area contributed by atoms with Crippen molar-refractivity contribution >= 4 is 34.0 Å². The van der Waals surface area contributed by atoms with Crippen molar-refractivity contribution in [1.29, 1.82) is 0 Å². The number of aromatic nitrogens is 4. The molecule has 3 aromatic heterocycles. The van der Waals surface area contributed by atoms with Crippen molar-refractivity contribution in [3.63, 3.8) is 0 Å². The van der Waals surface area contributed by atoms with E-state index in [2.05, 4.69) is 32.4 Å². The van der Waals surface area contributed by atoms with Gasteiger partial charge < -0.3 is 19.9 Å². The number of fused-ring (bicyclic) bond motifs is 2. The number of aryl methyl sites for hydroxylation is 2. The van der Waals surface area contributed by atoms with E-state index >= 15 is 0 Å². The van der Waals surface area contributed by atoms with Crippen molar-refractivity contribution in [2.75, 3.05) is 29.9 Å². The second-order valence-corrected chi connectivity index (χ2v) is 8.29. The quantitative estimate of drug-likeness (QED) is 0.516. The Morgan fingerprint density at radius 1 is 1.19 bits per heavy atom. The van der Waals surface area contributed by atoms with Gasteiger partial charge in [-0.05, 0) is 32.9 Å². The van der Waals surface area contributed by atoms with Crippen LogP contribution in [0.25, 0.3) is 16.7 Å². The van der Waals surface area contributed by atoms with Crippen molar-refractivity contribution in [1.82, 2.24) is 24.7 Å². The molecule has 5 rings (SSSR count). The Morgan fingerprint density at radius 3 is 2.84 bits per heavy atom. The monoisotopic (exact) mass is 433 g/mol. The molecule has 1 aromatic carbocycles. The normalized spacial score (nSPS) is 16.6. The summed E-state index contributed by atoms with van der Waals surface area (Å²) in [7, 11) is 0. The molecule has 1 aliphatic heterocycles. The molecule has 0 aliphatic carbocycles. The average Bonchev–Trinajstić information content (AvgIpc) is 3.13. The van der Waals surface area contributed by atoms with Gasteiger partial charge in [0.1, 0.15) is 11.0 Å². The summed E-state index contributed by atoms with van der Waals surface area (Å²) in [6.45, 7) is 8.40. The molecule has 164 valence electrons. The van der Waals surface area contributed by atoms with E-state index in [-0.39, 0.29) is 11.6 Å². The fraction of sp³-hybridized carbons (Fsp3) is 0.304. The molecule has 0 bridgehead atoms. The topological polar surface area (TPSA) is 87.5 Å². The van der Waals surface area contributed by atoms with Gasteiger partial charge in [-0.15, -0.1) is 0 Å². The number of hydrogen-bond donors (Lipinski definition) is 2. The van der Waals surface area contributed by atoms with Crippen LogP contribution in [0.4, 0.5) is 15.8 Å². The largest absolute Gasteiger partial charge is 0.367 e. The maximum atomic E-state index is 14.4. The van der Waals surface area contributed by atoms with Gasteiger partial charge in [-0.3, -0.25) is 9.78 Å². The number of amides is 1. The lowest BCUT2D eigenvalue weighted by molar-refractivity contribution is 0.102. The van der Waals surface area contributed by atoms with Crippen molar-refractivity contribution in [2.24, 2.45) is 0 Å². The van der Waals surface area contributed by atoms with Gasteiger partial charge in [-0.1, -0.05) is 0 Å². The van der Waals surface area contributed by atoms with Gasteiger partial charge in [-0.2, -0.15) is 0 Å². The maximum Gasteiger partial charge on any atom is 0.257 e. The Balaban J connectivity index is 1.53. The molecule has 1 saturated heterocycles. The number of rotatable bonds is 3. The molecule has 32 heavy (non-hydrogen) atoms. The number of carbonyl (C=O) groups excluding carboxylic acids is 1. The Kier molecular flexibility index (Phi) is 4.97. The van der Waals surface area contributed by atoms with E-state index in [1.165, 1.54) is 6.07 Å². The zero-order valence-electron chi connectivity index (χ0n) is 18.2. The lowest BCUT2D eigenvalue weighted by Gasteiger charge is -2.34. The van der Waals surface area contributed by atoms with Crippen molar-refractivity contribution in [3.8, 4) is 0 Å². The van der Waals surface area contributed by atoms with Crippen LogP contribution < -0.4 is 15.5 Å². The zero-order valence-corrected chi connectivity index (χ0v) is 18.2. The van der Waals surface area contributed by atoms with Crippen molar-refractivity contribution in [2.45, 2.75) is 26.8 Å². The third-order valence-electron chi connectivity index (χ3n) is 5.64. The van der Waals surface area contributed by atoms with E-state index < -0.39 is 5.82 Å². The van der Waals surface area contributed by atoms with Gasteiger partial charge in [0.15, 0.2) is 11.5 Å². The van der Waals surface area contributed by atoms with Crippen LogP contribution in [0, 0.1) is 19.7 Å². The van der Waals surface area contributed by atoms with Crippen LogP contribution in [-0.2, 0) is 0 Å². The first kappa shape index (κ1) is 20.3. The zero-order chi connectivity index (χ0) is 22.4. The first-order chi connectivity index (χ1) is 15.4. The van der Waals surface area contributed by atoms with Crippen LogP contribution in [0.3, 0.4) is 0 Å². The van der Waals surface area contributed by atoms with Gasteiger partial charge in [-0.25, -0.2) is 14.4 Å². The summed E-state index contributed by atoms with van der Waals surface area (Å²) in [4.78, 5) is 28.8. The highest BCUT2D eigenvalue weighted by Crippen LogP contribution is 2.29. The van der Waals surface area contributed by atoms with Gasteiger partial charge in [0.2, 0.25) is 0 Å². The SMILES string of the molecule is Cc1cnc2c(C(=O)Nc3cc(F)c4nc(C)cn4c3)ccc(N3CCNC(C)C3)c2n1. The standard InChI is InChI=1S/C23H24FN7O/c1-13-9-26-20-17(4-5-19(21(20)27-13)30-7-6-25-14(2)10-30)23(32)29-16-8-18(24)22-28-15(3)11-31(22)12-16/h4-5,8-9,11-12,14,25H,6-7,10H2,1-3H3,(H,29,32). The summed E-state index contributed by atoms with van der Waals surface area (Å²) in [5.41, 5.74) is 4.61. The van der Waals surface area contributed by atoms with Gasteiger partial charge >= 0.3 is 0 Å². The molecular weight excluding hydrogens is 409 g/mol. The van der Waals surface area contributed by atoms with E-state index in [1.54, 1.807) is 36.0 Å². The predicted octanol–water partition coefficient (Wildman–Crippen LogP) is 3.08. The van der Waals surface area contributed by atoms with Gasteiger partial charge in [0.05, 0.1) is 28.3 Å². The Hall–Kier alpha value is -3.59. The highest BCUT2D eigenvalue weighted by Gasteiger charge is 2.22. The summed E-state index contributed by atoms with van der Waals surface area (Å²) in [5.74, 6) is -0.872. The van der Waals surface area contributed by atoms with Crippen LogP contribution in [0.1, 0.15) is 28.7 Å². The number of piperazine rings is 1. The van der Waals surface area contributed by atoms with Crippen molar-refractivity contribution < 1.29 is 9.18 Å². The number of carbonyl (C=O) groups is 1. The van der Waals surface area contributed by atoms with E-state index in [9.17, 15) is 9.18 Å². The number of benzene rings is 1. The molecule has 0 spiro atoms. The minimum absolute atomic E-state index is 0.224. The summed E-state index contributed by atoms with van der Waals surface area (Å²) < 4.78 is 16.0. The number of halogens is 1. The molecule has 0 radical (unpaired) electrons. The second-order valence-electron chi connectivity index (χ2n) is 8.29. The third-order valence-corrected chi connectivity index (χ3v) is 5.64. The van der Waals surface area contributed by atoms with Crippen LogP contribution in [0.5, 0.6) is 0 Å². The van der Waals surface area contributed by atoms with Crippen LogP contribution in [0.2, 0.25) is 0 Å². The minimum atomic E-state index is -0.501. The van der Waals surface area contributed by atoms with Crippen LogP contribution in [0.15, 0.2) is 36.8 Å². The summed E-state index contributed by atoms with van der Waals surface area (Å²) >= 11 is 0. The molecule has 1 amide bonds. The number of anilines is 2. The third kappa shape index (κ3) is 3.64. The van der Waals surface area contributed by atoms with E-state index in [0.717, 1.165) is 31.0 Å². The van der Waals surface area contributed by atoms with E-state index in [0.29, 0.717) is 34.0 Å². The van der Waals surface area contributed by atoms with E-state index in [4.69, 9.17) is 4.98 Å². The highest BCUT2D eigenvalue weighted by molar-refractivity contribution is 6.13. The number of imidazole rings is 1. The first-order valence-corrected chi connectivity index (χ1v) is 10.6. The molecule has 9 heteroatoms. The summed E-state index contributed by atoms with van der Waals surface area (Å²) in [6, 6.07) is 5.32. The molecule has 0 saturated carbocycles. The first-order valence-electron chi connectivity index (χ1n) is 10.6. The van der Waals surface area contributed by atoms with Gasteiger partial charge in [0.25, 0.3) is 5.91 Å². The number of hydrogen-bond acceptors (Lipinski definition) is 6. The molecular formula is C23H24FN7O. The van der Waals surface area contributed by atoms with E-state index in [1.807, 2.05) is 13.0 Å². The molecule has 4 heterocycles. The fourth-order valence-electron chi connectivity index (χ4n) is 4.21. The van der Waals surface area contributed by atoms with Gasteiger partial charge in [0, 0.05) is 50.3 Å². The number of pyridine rings is 1. The minimum Gasteiger partial charge on any atom is -0.367 e. The molecule has 1 atom stereocenters. The Bertz CT molecular complexity index is 1350. The lowest BCUT2D eigenvalue weighted by Crippen LogP contribution is -2.49. The molecule has 4 aromatic rings. The summed E-state index contributed by atoms with van der Waals surface area (Å²) in [5, 5.41) is 6.23. The second kappa shape index (κ2) is 7.83. The number of nitrogens with zero attached hydrogens (tertiary/aromatic N) is 5. The molecule has 8 nitrogen and oxygen atoms in total. The summed E-state index contributed by atoms with van der Waals surface area (Å²) in [6.07, 6.45) is 5.01. The number of nitrogens with one attached hydrogen (secondary N) is 2. The molecule has 2 N–H and O–H groups in total. The molecule has 1 aliphatic rings. The Labute approximate surface area is 184 Å². The predicted molar refractivity (Wildman–Crippen MR) is 122 cm³/mol. The van der Waals surface area contributed by atoms with Crippen LogP contribution >= 0.6 is 0 Å². The average molecular weight is 433 g/mol. The maximum absolute atomic E-state index is 14.4. The molecule has 1 unspecified atom stereocenters. The molecule has 1 fully saturated rings. The Morgan fingerprint density at radius 2 is 2.03 bits per heavy atom.